The van der Waals surface area contributed by atoms with E-state index in [2.05, 4.69) is 70.9 Å². The fraction of sp³-hybridized carbons (Fsp3) is 0.474. The molecule has 0 unspecified atom stereocenters. The lowest BCUT2D eigenvalue weighted by Gasteiger charge is -2.32. The fourth-order valence-corrected chi connectivity index (χ4v) is 10.5. The van der Waals surface area contributed by atoms with Crippen LogP contribution in [0.15, 0.2) is 34.7 Å². The van der Waals surface area contributed by atoms with Gasteiger partial charge in [0, 0.05) is 0 Å². The molecule has 0 heterocycles. The summed E-state index contributed by atoms with van der Waals surface area (Å²) in [5.41, 5.74) is 2.61. The Morgan fingerprint density at radius 1 is 1.00 bits per heavy atom. The van der Waals surface area contributed by atoms with Gasteiger partial charge in [-0.3, -0.25) is 0 Å². The van der Waals surface area contributed by atoms with E-state index in [1.165, 1.54) is 16.3 Å². The molecule has 0 aromatic heterocycles. The first-order valence-electron chi connectivity index (χ1n) is 8.15. The van der Waals surface area contributed by atoms with Crippen molar-refractivity contribution in [3.63, 3.8) is 0 Å². The van der Waals surface area contributed by atoms with Crippen molar-refractivity contribution in [2.45, 2.75) is 53.0 Å². The van der Waals surface area contributed by atoms with Gasteiger partial charge in [-0.2, -0.15) is 0 Å². The third-order valence-electron chi connectivity index (χ3n) is 4.79. The van der Waals surface area contributed by atoms with Crippen molar-refractivity contribution in [1.29, 1.82) is 0 Å². The lowest BCUT2D eigenvalue weighted by Crippen LogP contribution is -2.46. The highest BCUT2D eigenvalue weighted by Gasteiger charge is 2.37. The minimum absolute atomic E-state index is 1.11. The second kappa shape index (κ2) is 5.86. The zero-order chi connectivity index (χ0) is 16.7. The van der Waals surface area contributed by atoms with Crippen molar-refractivity contribution in [2.24, 2.45) is 0 Å². The Balaban J connectivity index is 2.66. The van der Waals surface area contributed by atoms with Gasteiger partial charge >= 0.3 is 0 Å². The average molecular weight is 331 g/mol. The van der Waals surface area contributed by atoms with Crippen LogP contribution in [0.25, 0.3) is 0 Å². The molecular weight excluding hydrogens is 300 g/mol. The van der Waals surface area contributed by atoms with Crippen LogP contribution in [0.3, 0.4) is 0 Å². The molecule has 2 rings (SSSR count). The zero-order valence-corrected chi connectivity index (χ0v) is 17.4. The maximum Gasteiger partial charge on any atom is 0.121 e. The Morgan fingerprint density at radius 2 is 1.64 bits per heavy atom. The number of allylic oxidation sites excluding steroid dienone is 4. The largest absolute Gasteiger partial charge is 0.497 e. The molecule has 1 aromatic carbocycles. The van der Waals surface area contributed by atoms with Gasteiger partial charge in [0.2, 0.25) is 0 Å². The molecule has 0 atom stereocenters. The number of ether oxygens (including phenoxy) is 1. The second-order valence-electron chi connectivity index (χ2n) is 8.04. The van der Waals surface area contributed by atoms with Crippen molar-refractivity contribution in [3.05, 3.63) is 45.8 Å². The molecule has 0 amide bonds. The van der Waals surface area contributed by atoms with Gasteiger partial charge in [-0.1, -0.05) is 73.0 Å². The highest BCUT2D eigenvalue weighted by Crippen LogP contribution is 2.35. The molecule has 0 aliphatic heterocycles. The van der Waals surface area contributed by atoms with Crippen molar-refractivity contribution in [3.8, 4) is 5.75 Å². The van der Waals surface area contributed by atoms with E-state index in [1.54, 1.807) is 10.4 Å². The van der Waals surface area contributed by atoms with E-state index in [0.717, 1.165) is 12.2 Å². The van der Waals surface area contributed by atoms with Crippen LogP contribution in [0.4, 0.5) is 0 Å². The first kappa shape index (κ1) is 17.3. The number of hydrogen-bond donors (Lipinski definition) is 0. The number of methoxy groups -OCH3 is 1. The molecule has 3 heteroatoms. The SMILES string of the molecule is COc1c(C)cc(C)cc1[Si](C)(C)C1=C([Si](C)(C)C)C=CC1. The molecule has 0 N–H and O–H groups in total. The molecule has 1 nitrogen and oxygen atoms in total. The molecule has 1 aliphatic carbocycles. The van der Waals surface area contributed by atoms with Gasteiger partial charge in [0.05, 0.1) is 15.2 Å². The maximum atomic E-state index is 5.80. The van der Waals surface area contributed by atoms with Crippen molar-refractivity contribution >= 4 is 21.3 Å². The summed E-state index contributed by atoms with van der Waals surface area (Å²) >= 11 is 0. The van der Waals surface area contributed by atoms with Crippen LogP contribution in [0.2, 0.25) is 32.7 Å². The maximum absolute atomic E-state index is 5.80. The van der Waals surface area contributed by atoms with Gasteiger partial charge in [0.1, 0.15) is 13.8 Å². The predicted molar refractivity (Wildman–Crippen MR) is 104 cm³/mol. The van der Waals surface area contributed by atoms with E-state index in [4.69, 9.17) is 4.74 Å². The predicted octanol–water partition coefficient (Wildman–Crippen LogP) is 4.90. The van der Waals surface area contributed by atoms with Crippen LogP contribution >= 0.6 is 0 Å². The van der Waals surface area contributed by atoms with Gasteiger partial charge in [-0.15, -0.1) is 0 Å². The Bertz CT molecular complexity index is 646. The van der Waals surface area contributed by atoms with Crippen LogP contribution < -0.4 is 9.92 Å². The number of benzene rings is 1. The summed E-state index contributed by atoms with van der Waals surface area (Å²) in [6.07, 6.45) is 5.91. The molecule has 1 aromatic rings. The summed E-state index contributed by atoms with van der Waals surface area (Å²) in [6, 6.07) is 4.60. The van der Waals surface area contributed by atoms with Crippen LogP contribution in [-0.4, -0.2) is 23.3 Å². The summed E-state index contributed by atoms with van der Waals surface area (Å²) in [4.78, 5) is 0. The van der Waals surface area contributed by atoms with Crippen molar-refractivity contribution < 1.29 is 4.74 Å². The van der Waals surface area contributed by atoms with E-state index in [-0.39, 0.29) is 0 Å². The van der Waals surface area contributed by atoms with Crippen LogP contribution in [0.5, 0.6) is 5.75 Å². The van der Waals surface area contributed by atoms with E-state index >= 15 is 0 Å². The normalized spacial score (nSPS) is 15.6. The lowest BCUT2D eigenvalue weighted by molar-refractivity contribution is 0.414. The Kier molecular flexibility index (Phi) is 4.60. The molecule has 0 radical (unpaired) electrons. The summed E-state index contributed by atoms with van der Waals surface area (Å²) in [7, 11) is -1.21. The number of aryl methyl sites for hydroxylation is 2. The highest BCUT2D eigenvalue weighted by atomic mass is 28.3. The van der Waals surface area contributed by atoms with Gasteiger partial charge < -0.3 is 4.74 Å². The summed E-state index contributed by atoms with van der Waals surface area (Å²) in [5.74, 6) is 1.11. The second-order valence-corrected chi connectivity index (χ2v) is 17.5. The quantitative estimate of drug-likeness (QED) is 0.713. The Labute approximate surface area is 138 Å². The van der Waals surface area contributed by atoms with E-state index in [0.29, 0.717) is 0 Å². The van der Waals surface area contributed by atoms with E-state index < -0.39 is 16.1 Å². The molecule has 0 bridgehead atoms. The third kappa shape index (κ3) is 3.02. The first-order chi connectivity index (χ1) is 10.1. The zero-order valence-electron chi connectivity index (χ0n) is 15.4. The lowest BCUT2D eigenvalue weighted by atomic mass is 10.1. The minimum Gasteiger partial charge on any atom is -0.497 e. The molecule has 0 saturated heterocycles. The van der Waals surface area contributed by atoms with Gasteiger partial charge in [-0.25, -0.2) is 0 Å². The first-order valence-corrected chi connectivity index (χ1v) is 14.7. The van der Waals surface area contributed by atoms with Gasteiger partial charge in [0.15, 0.2) is 0 Å². The summed E-state index contributed by atoms with van der Waals surface area (Å²) in [6.45, 7) is 16.7. The average Bonchev–Trinajstić information content (AvgIpc) is 2.87. The third-order valence-corrected chi connectivity index (χ3v) is 10.8. The van der Waals surface area contributed by atoms with Crippen molar-refractivity contribution in [1.82, 2.24) is 0 Å². The Morgan fingerprint density at radius 3 is 2.18 bits per heavy atom. The molecular formula is C19H30OSi2. The molecule has 22 heavy (non-hydrogen) atoms. The van der Waals surface area contributed by atoms with Crippen LogP contribution in [0, 0.1) is 13.8 Å². The summed E-state index contributed by atoms with van der Waals surface area (Å²) in [5, 5.41) is 4.85. The Hall–Kier alpha value is -1.07. The fourth-order valence-electron chi connectivity index (χ4n) is 3.65. The van der Waals surface area contributed by atoms with Gasteiger partial charge in [0.25, 0.3) is 0 Å². The van der Waals surface area contributed by atoms with Crippen LogP contribution in [-0.2, 0) is 0 Å². The standard InChI is InChI=1S/C19H30OSi2/c1-14-12-15(2)19(20-3)18(13-14)22(7,8)17-11-9-10-16(17)21(4,5)6/h9-10,12-13H,11H2,1-8H3. The number of rotatable bonds is 4. The molecule has 0 spiro atoms. The van der Waals surface area contributed by atoms with E-state index in [9.17, 15) is 0 Å². The molecule has 0 saturated carbocycles. The molecule has 1 aliphatic rings. The topological polar surface area (TPSA) is 9.23 Å². The molecule has 0 fully saturated rings. The number of hydrogen-bond acceptors (Lipinski definition) is 1. The van der Waals surface area contributed by atoms with E-state index in [1.807, 2.05) is 7.11 Å². The molecule has 120 valence electrons. The summed E-state index contributed by atoms with van der Waals surface area (Å²) < 4.78 is 5.80. The smallest absolute Gasteiger partial charge is 0.121 e. The van der Waals surface area contributed by atoms with Crippen LogP contribution in [0.1, 0.15) is 17.5 Å². The van der Waals surface area contributed by atoms with Crippen molar-refractivity contribution in [2.75, 3.05) is 7.11 Å². The minimum atomic E-state index is -1.72. The highest BCUT2D eigenvalue weighted by molar-refractivity contribution is 6.98. The van der Waals surface area contributed by atoms with Gasteiger partial charge in [-0.05, 0) is 31.0 Å². The monoisotopic (exact) mass is 330 g/mol.